The van der Waals surface area contributed by atoms with Gasteiger partial charge in [0.25, 0.3) is 5.91 Å². The molecule has 1 fully saturated rings. The first-order chi connectivity index (χ1) is 14.5. The second kappa shape index (κ2) is 8.25. The Labute approximate surface area is 177 Å². The molecule has 2 amide bonds. The van der Waals surface area contributed by atoms with Crippen molar-refractivity contribution >= 4 is 34.5 Å². The van der Waals surface area contributed by atoms with E-state index in [-0.39, 0.29) is 11.8 Å². The molecule has 9 nitrogen and oxygen atoms in total. The second-order valence-corrected chi connectivity index (χ2v) is 8.02. The monoisotopic (exact) mass is 425 g/mol. The summed E-state index contributed by atoms with van der Waals surface area (Å²) in [4.78, 5) is 31.2. The van der Waals surface area contributed by atoms with E-state index in [1.807, 2.05) is 30.3 Å². The minimum absolute atomic E-state index is 0.275. The molecule has 3 heterocycles. The minimum Gasteiger partial charge on any atom is -0.370 e. The number of primary amides is 1. The van der Waals surface area contributed by atoms with Crippen molar-refractivity contribution in [3.8, 4) is 10.7 Å². The molecule has 2 aromatic heterocycles. The number of rotatable bonds is 6. The van der Waals surface area contributed by atoms with Crippen molar-refractivity contribution < 1.29 is 9.59 Å². The molecule has 0 radical (unpaired) electrons. The van der Waals surface area contributed by atoms with Gasteiger partial charge in [-0.15, -0.1) is 11.3 Å². The molecular weight excluding hydrogens is 402 g/mol. The molecule has 5 N–H and O–H groups in total. The fourth-order valence-electron chi connectivity index (χ4n) is 3.67. The minimum atomic E-state index is -0.682. The summed E-state index contributed by atoms with van der Waals surface area (Å²) in [6.45, 7) is 1.30. The third kappa shape index (κ3) is 3.79. The number of aromatic amines is 1. The normalized spacial score (nSPS) is 15.7. The first kappa shape index (κ1) is 20.0. The summed E-state index contributed by atoms with van der Waals surface area (Å²) >= 11 is 1.38. The summed E-state index contributed by atoms with van der Waals surface area (Å²) in [6.07, 6.45) is 2.84. The van der Waals surface area contributed by atoms with Crippen LogP contribution in [0.25, 0.3) is 10.7 Å². The number of para-hydroxylation sites is 2. The largest absolute Gasteiger partial charge is 0.370 e. The Morgan fingerprint density at radius 2 is 2.00 bits per heavy atom. The van der Waals surface area contributed by atoms with E-state index in [2.05, 4.69) is 30.7 Å². The van der Waals surface area contributed by atoms with Gasteiger partial charge in [-0.1, -0.05) is 12.1 Å². The smallest absolute Gasteiger partial charge is 0.275 e. The highest BCUT2D eigenvalue weighted by atomic mass is 32.1. The zero-order valence-electron chi connectivity index (χ0n) is 16.5. The molecular formula is C20H23N7O2S. The van der Waals surface area contributed by atoms with Crippen molar-refractivity contribution in [1.29, 1.82) is 0 Å². The number of hydrogen-bond donors (Lipinski definition) is 4. The Balaban J connectivity index is 1.49. The Morgan fingerprint density at radius 3 is 2.67 bits per heavy atom. The average Bonchev–Trinajstić information content (AvgIpc) is 3.46. The predicted octanol–water partition coefficient (Wildman–Crippen LogP) is 1.83. The highest BCUT2D eigenvalue weighted by Gasteiger charge is 2.38. The van der Waals surface area contributed by atoms with Gasteiger partial charge in [0.15, 0.2) is 0 Å². The standard InChI is InChI=1S/C20H23N7O2S/c1-22-20(19(21)29)7-10-27(11-8-20)16-5-3-2-4-13(16)24-17(28)15-12-30-18(25-15)14-6-9-23-26-14/h2-6,9,12,22H,7-8,10-11H2,1H3,(H2,21,29)(H,23,26)(H,24,28). The van der Waals surface area contributed by atoms with Gasteiger partial charge < -0.3 is 21.3 Å². The molecule has 0 spiro atoms. The molecule has 3 aromatic rings. The van der Waals surface area contributed by atoms with Crippen molar-refractivity contribution in [3.63, 3.8) is 0 Å². The van der Waals surface area contributed by atoms with E-state index >= 15 is 0 Å². The van der Waals surface area contributed by atoms with E-state index in [4.69, 9.17) is 5.73 Å². The van der Waals surface area contributed by atoms with E-state index in [9.17, 15) is 9.59 Å². The summed E-state index contributed by atoms with van der Waals surface area (Å²) in [5, 5.41) is 15.2. The maximum Gasteiger partial charge on any atom is 0.275 e. The maximum absolute atomic E-state index is 12.8. The Morgan fingerprint density at radius 1 is 1.23 bits per heavy atom. The van der Waals surface area contributed by atoms with Gasteiger partial charge in [-0.25, -0.2) is 4.98 Å². The van der Waals surface area contributed by atoms with Gasteiger partial charge in [-0.3, -0.25) is 14.7 Å². The van der Waals surface area contributed by atoms with Crippen LogP contribution in [0, 0.1) is 0 Å². The number of carbonyl (C=O) groups is 2. The number of anilines is 2. The van der Waals surface area contributed by atoms with Crippen LogP contribution in [0.2, 0.25) is 0 Å². The average molecular weight is 426 g/mol. The lowest BCUT2D eigenvalue weighted by atomic mass is 9.86. The van der Waals surface area contributed by atoms with Crippen LogP contribution in [-0.4, -0.2) is 52.7 Å². The second-order valence-electron chi connectivity index (χ2n) is 7.16. The fourth-order valence-corrected chi connectivity index (χ4v) is 4.44. The van der Waals surface area contributed by atoms with Crippen LogP contribution in [0.15, 0.2) is 41.9 Å². The van der Waals surface area contributed by atoms with Crippen molar-refractivity contribution in [2.75, 3.05) is 30.4 Å². The fraction of sp³-hybridized carbons (Fsp3) is 0.300. The third-order valence-corrected chi connectivity index (χ3v) is 6.40. The molecule has 30 heavy (non-hydrogen) atoms. The lowest BCUT2D eigenvalue weighted by molar-refractivity contribution is -0.125. The third-order valence-electron chi connectivity index (χ3n) is 5.53. The summed E-state index contributed by atoms with van der Waals surface area (Å²) in [5.74, 6) is -0.606. The summed E-state index contributed by atoms with van der Waals surface area (Å²) < 4.78 is 0. The molecule has 0 aliphatic carbocycles. The van der Waals surface area contributed by atoms with Crippen molar-refractivity contribution in [2.45, 2.75) is 18.4 Å². The number of benzene rings is 1. The SMILES string of the molecule is CNC1(C(N)=O)CCN(c2ccccc2NC(=O)c2csc(-c3ccn[nH]3)n2)CC1. The summed E-state index contributed by atoms with van der Waals surface area (Å²) in [5.41, 5.74) is 7.65. The first-order valence-corrected chi connectivity index (χ1v) is 10.5. The van der Waals surface area contributed by atoms with Crippen LogP contribution in [0.5, 0.6) is 0 Å². The molecule has 4 rings (SSSR count). The van der Waals surface area contributed by atoms with Gasteiger partial charge in [-0.2, -0.15) is 5.10 Å². The first-order valence-electron chi connectivity index (χ1n) is 9.62. The number of likely N-dealkylation sites (N-methyl/N-ethyl adjacent to an activating group) is 1. The highest BCUT2D eigenvalue weighted by Crippen LogP contribution is 2.32. The molecule has 1 aliphatic rings. The van der Waals surface area contributed by atoms with Crippen LogP contribution < -0.4 is 21.3 Å². The Bertz CT molecular complexity index is 1040. The quantitative estimate of drug-likeness (QED) is 0.477. The van der Waals surface area contributed by atoms with Crippen LogP contribution in [0.3, 0.4) is 0 Å². The molecule has 156 valence electrons. The molecule has 0 atom stereocenters. The van der Waals surface area contributed by atoms with Crippen LogP contribution in [0.4, 0.5) is 11.4 Å². The lowest BCUT2D eigenvalue weighted by Gasteiger charge is -2.41. The predicted molar refractivity (Wildman–Crippen MR) is 117 cm³/mol. The number of nitrogens with zero attached hydrogens (tertiary/aromatic N) is 3. The van der Waals surface area contributed by atoms with E-state index in [0.717, 1.165) is 11.4 Å². The van der Waals surface area contributed by atoms with Gasteiger partial charge in [0.2, 0.25) is 5.91 Å². The number of piperidine rings is 1. The zero-order valence-corrected chi connectivity index (χ0v) is 17.3. The zero-order chi connectivity index (χ0) is 21.1. The topological polar surface area (TPSA) is 129 Å². The van der Waals surface area contributed by atoms with Crippen molar-refractivity contribution in [1.82, 2.24) is 20.5 Å². The molecule has 0 saturated carbocycles. The number of nitrogens with one attached hydrogen (secondary N) is 3. The molecule has 0 unspecified atom stereocenters. The molecule has 0 bridgehead atoms. The maximum atomic E-state index is 12.8. The van der Waals surface area contributed by atoms with Gasteiger partial charge in [0.1, 0.15) is 16.2 Å². The lowest BCUT2D eigenvalue weighted by Crippen LogP contribution is -2.59. The molecule has 10 heteroatoms. The van der Waals surface area contributed by atoms with Crippen LogP contribution >= 0.6 is 11.3 Å². The highest BCUT2D eigenvalue weighted by molar-refractivity contribution is 7.13. The number of carbonyl (C=O) groups excluding carboxylic acids is 2. The van der Waals surface area contributed by atoms with Crippen molar-refractivity contribution in [2.24, 2.45) is 5.73 Å². The van der Waals surface area contributed by atoms with Gasteiger partial charge >= 0.3 is 0 Å². The number of amides is 2. The van der Waals surface area contributed by atoms with Crippen LogP contribution in [0.1, 0.15) is 23.3 Å². The number of aromatic nitrogens is 3. The van der Waals surface area contributed by atoms with Crippen LogP contribution in [-0.2, 0) is 4.79 Å². The van der Waals surface area contributed by atoms with E-state index in [0.29, 0.717) is 42.3 Å². The molecule has 1 aliphatic heterocycles. The van der Waals surface area contributed by atoms with Crippen molar-refractivity contribution in [3.05, 3.63) is 47.6 Å². The van der Waals surface area contributed by atoms with Gasteiger partial charge in [-0.05, 0) is 38.1 Å². The Kier molecular flexibility index (Phi) is 5.51. The molecule has 1 saturated heterocycles. The van der Waals surface area contributed by atoms with E-state index < -0.39 is 5.54 Å². The number of hydrogen-bond acceptors (Lipinski definition) is 7. The Hall–Kier alpha value is -3.24. The van der Waals surface area contributed by atoms with E-state index in [1.165, 1.54) is 11.3 Å². The summed E-state index contributed by atoms with van der Waals surface area (Å²) in [7, 11) is 1.76. The number of thiazole rings is 1. The number of H-pyrrole nitrogens is 1. The summed E-state index contributed by atoms with van der Waals surface area (Å²) in [6, 6.07) is 9.44. The van der Waals surface area contributed by atoms with Gasteiger partial charge in [0.05, 0.1) is 17.1 Å². The van der Waals surface area contributed by atoms with E-state index in [1.54, 1.807) is 18.6 Å². The number of nitrogens with two attached hydrogens (primary N) is 1. The molecule has 1 aromatic carbocycles. The van der Waals surface area contributed by atoms with Gasteiger partial charge in [0, 0.05) is 24.7 Å².